The minimum absolute atomic E-state index is 0.0615. The second-order valence-electron chi connectivity index (χ2n) is 7.38. The summed E-state index contributed by atoms with van der Waals surface area (Å²) in [4.78, 5) is 26.3. The molecule has 0 radical (unpaired) electrons. The van der Waals surface area contributed by atoms with Crippen LogP contribution < -0.4 is 10.1 Å². The third kappa shape index (κ3) is 3.53. The lowest BCUT2D eigenvalue weighted by atomic mass is 10.1. The quantitative estimate of drug-likeness (QED) is 0.745. The van der Waals surface area contributed by atoms with Gasteiger partial charge in [-0.15, -0.1) is 0 Å². The summed E-state index contributed by atoms with van der Waals surface area (Å²) in [7, 11) is -2.13. The zero-order valence-electron chi connectivity index (χ0n) is 15.1. The lowest BCUT2D eigenvalue weighted by molar-refractivity contribution is -0.132. The van der Waals surface area contributed by atoms with E-state index in [2.05, 4.69) is 5.32 Å². The number of methoxy groups -OCH3 is 1. The van der Waals surface area contributed by atoms with Gasteiger partial charge >= 0.3 is 0 Å². The molecule has 3 aliphatic rings. The van der Waals surface area contributed by atoms with Gasteiger partial charge in [0.15, 0.2) is 0 Å². The number of hydrogen-bond acceptors (Lipinski definition) is 5. The van der Waals surface area contributed by atoms with Gasteiger partial charge in [-0.25, -0.2) is 8.42 Å². The topological polar surface area (TPSA) is 96.0 Å². The first-order valence-corrected chi connectivity index (χ1v) is 10.6. The van der Waals surface area contributed by atoms with E-state index in [1.807, 2.05) is 0 Å². The first kappa shape index (κ1) is 18.2. The molecule has 1 saturated carbocycles. The highest BCUT2D eigenvalue weighted by atomic mass is 32.2. The van der Waals surface area contributed by atoms with Gasteiger partial charge in [0.2, 0.25) is 21.8 Å². The molecular formula is C18H23N3O5S. The summed E-state index contributed by atoms with van der Waals surface area (Å²) in [6, 6.07) is 6.45. The molecule has 9 heteroatoms. The number of amides is 2. The van der Waals surface area contributed by atoms with E-state index in [0.29, 0.717) is 12.3 Å². The monoisotopic (exact) mass is 393 g/mol. The van der Waals surface area contributed by atoms with Crippen LogP contribution in [0.5, 0.6) is 5.75 Å². The van der Waals surface area contributed by atoms with E-state index in [0.717, 1.165) is 12.8 Å². The molecule has 1 N–H and O–H groups in total. The van der Waals surface area contributed by atoms with Gasteiger partial charge in [-0.2, -0.15) is 4.31 Å². The first-order valence-electron chi connectivity index (χ1n) is 9.12. The Labute approximate surface area is 158 Å². The number of sulfonamides is 1. The van der Waals surface area contributed by atoms with E-state index < -0.39 is 10.0 Å². The fraction of sp³-hybridized carbons (Fsp3) is 0.556. The van der Waals surface area contributed by atoms with Crippen molar-refractivity contribution in [1.82, 2.24) is 14.5 Å². The molecule has 1 unspecified atom stereocenters. The first-order chi connectivity index (χ1) is 12.9. The Morgan fingerprint density at radius 3 is 2.63 bits per heavy atom. The van der Waals surface area contributed by atoms with Crippen LogP contribution >= 0.6 is 0 Å². The van der Waals surface area contributed by atoms with Crippen LogP contribution in [0.15, 0.2) is 29.2 Å². The minimum atomic E-state index is -3.62. The molecule has 27 heavy (non-hydrogen) atoms. The summed E-state index contributed by atoms with van der Waals surface area (Å²) in [5, 5.41) is 2.94. The van der Waals surface area contributed by atoms with Crippen molar-refractivity contribution in [3.8, 4) is 5.75 Å². The Hall–Kier alpha value is -2.13. The Kier molecular flexibility index (Phi) is 4.59. The van der Waals surface area contributed by atoms with Gasteiger partial charge in [0.25, 0.3) is 0 Å². The molecule has 0 aromatic heterocycles. The molecule has 1 atom stereocenters. The van der Waals surface area contributed by atoms with Crippen molar-refractivity contribution in [2.75, 3.05) is 26.7 Å². The summed E-state index contributed by atoms with van der Waals surface area (Å²) < 4.78 is 31.9. The molecule has 1 aromatic carbocycles. The molecule has 2 amide bonds. The highest BCUT2D eigenvalue weighted by Gasteiger charge is 2.46. The van der Waals surface area contributed by atoms with Crippen molar-refractivity contribution in [1.29, 1.82) is 0 Å². The molecule has 8 nitrogen and oxygen atoms in total. The molecule has 0 bridgehead atoms. The number of rotatable bonds is 6. The summed E-state index contributed by atoms with van der Waals surface area (Å²) in [6.07, 6.45) is 2.23. The van der Waals surface area contributed by atoms with Gasteiger partial charge < -0.3 is 15.0 Å². The fourth-order valence-corrected chi connectivity index (χ4v) is 5.08. The van der Waals surface area contributed by atoms with Crippen LogP contribution in [0.3, 0.4) is 0 Å². The number of carbonyl (C=O) groups excluding carboxylic acids is 2. The van der Waals surface area contributed by atoms with E-state index in [-0.39, 0.29) is 54.2 Å². The van der Waals surface area contributed by atoms with Gasteiger partial charge in [0.1, 0.15) is 5.75 Å². The smallest absolute Gasteiger partial charge is 0.243 e. The van der Waals surface area contributed by atoms with Gasteiger partial charge in [-0.1, -0.05) is 6.07 Å². The third-order valence-corrected chi connectivity index (χ3v) is 7.23. The van der Waals surface area contributed by atoms with Gasteiger partial charge in [0, 0.05) is 38.2 Å². The Bertz CT molecular complexity index is 862. The van der Waals surface area contributed by atoms with Gasteiger partial charge in [0.05, 0.1) is 24.0 Å². The summed E-state index contributed by atoms with van der Waals surface area (Å²) >= 11 is 0. The number of hydrogen-bond donors (Lipinski definition) is 1. The molecular weight excluding hydrogens is 370 g/mol. The molecule has 1 aliphatic carbocycles. The van der Waals surface area contributed by atoms with Crippen LogP contribution in [-0.2, 0) is 19.6 Å². The zero-order chi connectivity index (χ0) is 19.2. The molecule has 146 valence electrons. The summed E-state index contributed by atoms with van der Waals surface area (Å²) in [6.45, 7) is 0.875. The molecule has 2 saturated heterocycles. The highest BCUT2D eigenvalue weighted by molar-refractivity contribution is 7.89. The van der Waals surface area contributed by atoms with Gasteiger partial charge in [-0.05, 0) is 25.0 Å². The molecule has 2 aliphatic heterocycles. The number of benzene rings is 1. The maximum absolute atomic E-state index is 12.7. The summed E-state index contributed by atoms with van der Waals surface area (Å²) in [5.74, 6) is 0.0115. The minimum Gasteiger partial charge on any atom is -0.497 e. The summed E-state index contributed by atoms with van der Waals surface area (Å²) in [5.41, 5.74) is 0. The van der Waals surface area contributed by atoms with Crippen LogP contribution in [-0.4, -0.2) is 68.3 Å². The lowest BCUT2D eigenvalue weighted by Crippen LogP contribution is -2.61. The standard InChI is InChI=1S/C18H23N3O5S/c1-26-15-3-2-4-16(8-15)27(24,25)20-10-14(11-20)21-9-12(7-17(21)22)18(23)19-13-5-6-13/h2-4,8,12-14H,5-7,9-11H2,1H3,(H,19,23). The third-order valence-electron chi connectivity index (χ3n) is 5.40. The van der Waals surface area contributed by atoms with Crippen LogP contribution in [0.2, 0.25) is 0 Å². The van der Waals surface area contributed by atoms with Crippen LogP contribution in [0, 0.1) is 5.92 Å². The van der Waals surface area contributed by atoms with E-state index in [1.54, 1.807) is 17.0 Å². The Morgan fingerprint density at radius 2 is 1.96 bits per heavy atom. The maximum Gasteiger partial charge on any atom is 0.243 e. The van der Waals surface area contributed by atoms with Gasteiger partial charge in [-0.3, -0.25) is 9.59 Å². The largest absolute Gasteiger partial charge is 0.497 e. The van der Waals surface area contributed by atoms with E-state index in [1.165, 1.54) is 23.5 Å². The number of carbonyl (C=O) groups is 2. The van der Waals surface area contributed by atoms with Crippen LogP contribution in [0.4, 0.5) is 0 Å². The van der Waals surface area contributed by atoms with Crippen molar-refractivity contribution >= 4 is 21.8 Å². The second-order valence-corrected chi connectivity index (χ2v) is 9.32. The number of ether oxygens (including phenoxy) is 1. The van der Waals surface area contributed by atoms with E-state index in [9.17, 15) is 18.0 Å². The van der Waals surface area contributed by atoms with Crippen molar-refractivity contribution < 1.29 is 22.7 Å². The normalized spacial score (nSPS) is 24.0. The molecule has 1 aromatic rings. The second kappa shape index (κ2) is 6.79. The molecule has 2 heterocycles. The number of nitrogens with zero attached hydrogens (tertiary/aromatic N) is 2. The van der Waals surface area contributed by atoms with Crippen molar-refractivity contribution in [2.45, 2.75) is 36.2 Å². The maximum atomic E-state index is 12.7. The van der Waals surface area contributed by atoms with E-state index >= 15 is 0 Å². The lowest BCUT2D eigenvalue weighted by Gasteiger charge is -2.43. The van der Waals surface area contributed by atoms with Crippen LogP contribution in [0.1, 0.15) is 19.3 Å². The average Bonchev–Trinajstić information content (AvgIpc) is 3.34. The zero-order valence-corrected chi connectivity index (χ0v) is 15.9. The Morgan fingerprint density at radius 1 is 1.22 bits per heavy atom. The number of likely N-dealkylation sites (tertiary alicyclic amines) is 1. The predicted molar refractivity (Wildman–Crippen MR) is 96.5 cm³/mol. The van der Waals surface area contributed by atoms with Crippen molar-refractivity contribution in [2.24, 2.45) is 5.92 Å². The van der Waals surface area contributed by atoms with Crippen molar-refractivity contribution in [3.63, 3.8) is 0 Å². The average molecular weight is 393 g/mol. The highest BCUT2D eigenvalue weighted by Crippen LogP contribution is 2.30. The molecule has 4 rings (SSSR count). The fourth-order valence-electron chi connectivity index (χ4n) is 3.53. The number of nitrogens with one attached hydrogen (secondary N) is 1. The predicted octanol–water partition coefficient (Wildman–Crippen LogP) is 0.195. The SMILES string of the molecule is COc1cccc(S(=O)(=O)N2CC(N3CC(C(=O)NC4CC4)CC3=O)C2)c1. The Balaban J connectivity index is 1.37. The van der Waals surface area contributed by atoms with Crippen LogP contribution in [0.25, 0.3) is 0 Å². The molecule has 3 fully saturated rings. The van der Waals surface area contributed by atoms with E-state index in [4.69, 9.17) is 4.74 Å². The molecule has 0 spiro atoms. The van der Waals surface area contributed by atoms with Crippen molar-refractivity contribution in [3.05, 3.63) is 24.3 Å².